The summed E-state index contributed by atoms with van der Waals surface area (Å²) >= 11 is 5.44. The molecule has 5 atom stereocenters. The Balaban J connectivity index is 0.000000410. The first-order valence-corrected chi connectivity index (χ1v) is 34.6. The molecule has 5 aromatic carbocycles. The average Bonchev–Trinajstić information content (AvgIpc) is 0.905. The van der Waals surface area contributed by atoms with Crippen molar-refractivity contribution in [1.82, 2.24) is 10.6 Å². The van der Waals surface area contributed by atoms with Crippen molar-refractivity contribution in [3.8, 4) is 0 Å². The Morgan fingerprint density at radius 2 is 0.622 bits per heavy atom. The van der Waals surface area contributed by atoms with Crippen molar-refractivity contribution in [2.24, 2.45) is 70.5 Å². The SMILES string of the molecule is CC(C)C1CCC(C(=O)Cl)CC1.CC(C)C1CCC(C(=O)N[C@H](Cc2ccccc2)C(=O)O)CC1.COC(=O)[C@@H](Cc1ccccc1)NC(=O)C1CCC(C(C)C)CC1.COC(=O)[C@H](N)Cc1ccccc1.COC(=O)[C@H](N)Cc1ccccc1.Cl.N[C@H](Cc1ccccc1)C(=O)O. The maximum Gasteiger partial charge on any atom is 0.328 e. The molecule has 98 heavy (non-hydrogen) atoms. The van der Waals surface area contributed by atoms with Crippen LogP contribution >= 0.6 is 24.0 Å². The van der Waals surface area contributed by atoms with E-state index >= 15 is 0 Å². The average molecular weight is 1400 g/mol. The summed E-state index contributed by atoms with van der Waals surface area (Å²) in [6.45, 7) is 13.5. The molecule has 0 radical (unpaired) electrons. The van der Waals surface area contributed by atoms with Crippen molar-refractivity contribution >= 4 is 70.9 Å². The van der Waals surface area contributed by atoms with Crippen LogP contribution < -0.4 is 27.8 Å². The molecule has 10 N–H and O–H groups in total. The fourth-order valence-corrected chi connectivity index (χ4v) is 12.3. The molecule has 0 saturated heterocycles. The Labute approximate surface area is 593 Å². The van der Waals surface area contributed by atoms with Gasteiger partial charge in [-0.3, -0.25) is 28.8 Å². The van der Waals surface area contributed by atoms with Crippen LogP contribution in [0.25, 0.3) is 0 Å². The first-order valence-electron chi connectivity index (χ1n) is 34.2. The number of esters is 3. The van der Waals surface area contributed by atoms with Gasteiger partial charge in [-0.25, -0.2) is 9.59 Å². The molecule has 3 aliphatic rings. The van der Waals surface area contributed by atoms with Crippen LogP contribution in [0.1, 0.15) is 146 Å². The van der Waals surface area contributed by atoms with E-state index in [9.17, 15) is 43.5 Å². The Kier molecular flexibility index (Phi) is 42.7. The highest BCUT2D eigenvalue weighted by Gasteiger charge is 2.33. The molecule has 3 fully saturated rings. The Morgan fingerprint density at radius 3 is 0.867 bits per heavy atom. The molecule has 3 saturated carbocycles. The number of carboxylic acids is 2. The number of amides is 2. The van der Waals surface area contributed by atoms with Crippen LogP contribution in [0.15, 0.2) is 152 Å². The summed E-state index contributed by atoms with van der Waals surface area (Å²) < 4.78 is 13.9. The number of benzene rings is 5. The standard InChI is InChI=1S/C20H29NO3.C19H27NO3.C10H17ClO.2C10H13NO2.C9H11NO2.ClH/c1-14(2)16-9-11-17(12-10-16)19(22)21-18(20(23)24-3)13-15-7-5-4-6-8-15;1-13(2)15-8-10-16(11-9-15)18(21)20-17(19(22)23)12-14-6-4-3-5-7-14;1-7(2)8-3-5-9(6-4-8)10(11)12;2*1-13-10(12)9(11)7-8-5-3-2-4-6-8;10-8(9(11)12)6-7-4-2-1-3-5-7;/h4-8,14,16-18H,9-13H2,1-3H3,(H,21,22);3-7,13,15-17H,8-12H2,1-2H3,(H,20,21)(H,22,23);7-9H,3-6H2,1-2H3;2*2-6,9H,7,11H2,1H3;1-5,8H,6,10H2,(H,11,12);1H/t16?,17?,18-;15?,16?,17-;;2*9-;8-;/m11.111./s1. The second-order valence-corrected chi connectivity index (χ2v) is 26.9. The lowest BCUT2D eigenvalue weighted by molar-refractivity contribution is -0.145. The minimum Gasteiger partial charge on any atom is -0.480 e. The number of halogens is 2. The van der Waals surface area contributed by atoms with Crippen LogP contribution in [0.4, 0.5) is 0 Å². The van der Waals surface area contributed by atoms with E-state index in [-0.39, 0.29) is 65.1 Å². The minimum absolute atomic E-state index is 0. The molecule has 540 valence electrons. The molecule has 3 aliphatic carbocycles. The molecule has 0 spiro atoms. The number of rotatable bonds is 23. The quantitative estimate of drug-likeness (QED) is 0.0182. The third kappa shape index (κ3) is 34.3. The molecular formula is C78H111Cl2N5O13. The van der Waals surface area contributed by atoms with E-state index in [2.05, 4.69) is 61.6 Å². The zero-order chi connectivity index (χ0) is 71.8. The van der Waals surface area contributed by atoms with Gasteiger partial charge in [0, 0.05) is 30.6 Å². The zero-order valence-electron chi connectivity index (χ0n) is 58.9. The number of ether oxygens (including phenoxy) is 3. The number of nitrogens with two attached hydrogens (primary N) is 3. The maximum absolute atomic E-state index is 12.6. The molecule has 0 aromatic heterocycles. The fraction of sp³-hybridized carbons (Fsp3) is 0.513. The van der Waals surface area contributed by atoms with Crippen molar-refractivity contribution in [3.05, 3.63) is 179 Å². The normalized spacial score (nSPS) is 19.2. The van der Waals surface area contributed by atoms with Gasteiger partial charge in [-0.15, -0.1) is 12.4 Å². The van der Waals surface area contributed by atoms with Crippen molar-refractivity contribution < 1.29 is 62.8 Å². The lowest BCUT2D eigenvalue weighted by atomic mass is 9.76. The van der Waals surface area contributed by atoms with Gasteiger partial charge in [-0.05, 0) is 171 Å². The van der Waals surface area contributed by atoms with E-state index in [1.165, 1.54) is 34.2 Å². The Morgan fingerprint density at radius 1 is 0.378 bits per heavy atom. The summed E-state index contributed by atoms with van der Waals surface area (Å²) in [6.07, 6.45) is 14.5. The highest BCUT2D eigenvalue weighted by atomic mass is 35.5. The predicted octanol–water partition coefficient (Wildman–Crippen LogP) is 12.3. The zero-order valence-corrected chi connectivity index (χ0v) is 60.5. The number of carbonyl (C=O) groups excluding carboxylic acids is 6. The van der Waals surface area contributed by atoms with E-state index in [4.69, 9.17) is 38.6 Å². The highest BCUT2D eigenvalue weighted by Crippen LogP contribution is 2.36. The van der Waals surface area contributed by atoms with Gasteiger partial charge < -0.3 is 52.3 Å². The van der Waals surface area contributed by atoms with Gasteiger partial charge in [0.1, 0.15) is 30.2 Å². The maximum atomic E-state index is 12.6. The summed E-state index contributed by atoms with van der Waals surface area (Å²) in [4.78, 5) is 91.6. The third-order valence-corrected chi connectivity index (χ3v) is 18.7. The van der Waals surface area contributed by atoms with Crippen LogP contribution in [0.5, 0.6) is 0 Å². The number of hydrogen-bond donors (Lipinski definition) is 7. The van der Waals surface area contributed by atoms with Gasteiger partial charge in [0.25, 0.3) is 0 Å². The molecule has 20 heteroatoms. The molecule has 0 unspecified atom stereocenters. The molecule has 2 amide bonds. The van der Waals surface area contributed by atoms with Crippen LogP contribution in [0.2, 0.25) is 0 Å². The van der Waals surface area contributed by atoms with Crippen molar-refractivity contribution in [2.45, 2.75) is 181 Å². The second-order valence-electron chi connectivity index (χ2n) is 26.5. The van der Waals surface area contributed by atoms with Crippen LogP contribution in [-0.4, -0.2) is 109 Å². The summed E-state index contributed by atoms with van der Waals surface area (Å²) in [5, 5.41) is 23.4. The first kappa shape index (κ1) is 86.6. The van der Waals surface area contributed by atoms with Gasteiger partial charge in [0.15, 0.2) is 0 Å². The van der Waals surface area contributed by atoms with Crippen LogP contribution in [-0.2, 0) is 84.7 Å². The molecule has 0 bridgehead atoms. The van der Waals surface area contributed by atoms with Gasteiger partial charge in [-0.1, -0.05) is 193 Å². The highest BCUT2D eigenvalue weighted by molar-refractivity contribution is 6.64. The molecule has 0 aliphatic heterocycles. The summed E-state index contributed by atoms with van der Waals surface area (Å²) in [6, 6.07) is 44.3. The van der Waals surface area contributed by atoms with Crippen LogP contribution in [0.3, 0.4) is 0 Å². The van der Waals surface area contributed by atoms with Gasteiger partial charge in [0.2, 0.25) is 17.1 Å². The van der Waals surface area contributed by atoms with E-state index in [0.29, 0.717) is 49.9 Å². The summed E-state index contributed by atoms with van der Waals surface area (Å²) in [7, 11) is 4.04. The Hall–Kier alpha value is -7.48. The smallest absolute Gasteiger partial charge is 0.328 e. The monoisotopic (exact) mass is 1400 g/mol. The molecule has 5 aromatic rings. The second kappa shape index (κ2) is 48.3. The fourth-order valence-electron chi connectivity index (χ4n) is 12.1. The number of carboxylic acid groups (broad SMARTS) is 2. The van der Waals surface area contributed by atoms with Gasteiger partial charge in [0.05, 0.1) is 21.3 Å². The van der Waals surface area contributed by atoms with E-state index in [1.54, 1.807) is 0 Å². The van der Waals surface area contributed by atoms with E-state index in [0.717, 1.165) is 110 Å². The van der Waals surface area contributed by atoms with Crippen molar-refractivity contribution in [3.63, 3.8) is 0 Å². The number of aliphatic carboxylic acids is 2. The van der Waals surface area contributed by atoms with E-state index in [1.807, 2.05) is 152 Å². The predicted molar refractivity (Wildman–Crippen MR) is 389 cm³/mol. The Bertz CT molecular complexity index is 2990. The molecule has 18 nitrogen and oxygen atoms in total. The summed E-state index contributed by atoms with van der Waals surface area (Å²) in [5.74, 6) is 1.28. The third-order valence-electron chi connectivity index (χ3n) is 18.4. The first-order chi connectivity index (χ1) is 46.3. The van der Waals surface area contributed by atoms with Gasteiger partial charge in [-0.2, -0.15) is 0 Å². The topological polar surface area (TPSA) is 307 Å². The van der Waals surface area contributed by atoms with Crippen molar-refractivity contribution in [1.29, 1.82) is 0 Å². The largest absolute Gasteiger partial charge is 0.480 e. The lowest BCUT2D eigenvalue weighted by Gasteiger charge is -2.31. The lowest BCUT2D eigenvalue weighted by Crippen LogP contribution is -2.46. The van der Waals surface area contributed by atoms with E-state index < -0.39 is 42.1 Å². The summed E-state index contributed by atoms with van der Waals surface area (Å²) in [5.41, 5.74) is 21.5. The molecular weight excluding hydrogens is 1290 g/mol. The number of hydrogen-bond acceptors (Lipinski definition) is 14. The van der Waals surface area contributed by atoms with Gasteiger partial charge >= 0.3 is 29.8 Å². The number of carbonyl (C=O) groups is 8. The number of methoxy groups -OCH3 is 3. The number of nitrogens with one attached hydrogen (secondary N) is 2. The molecule has 0 heterocycles. The van der Waals surface area contributed by atoms with Crippen molar-refractivity contribution in [2.75, 3.05) is 21.3 Å². The minimum atomic E-state index is -0.974. The van der Waals surface area contributed by atoms with Crippen LogP contribution in [0, 0.1) is 53.3 Å². The molecule has 8 rings (SSSR count).